The number of benzene rings is 5. The zero-order valence-electron chi connectivity index (χ0n) is 23.3. The monoisotopic (exact) mass is 538 g/mol. The van der Waals surface area contributed by atoms with Crippen molar-refractivity contribution in [1.29, 1.82) is 0 Å². The van der Waals surface area contributed by atoms with Gasteiger partial charge in [-0.1, -0.05) is 103 Å². The van der Waals surface area contributed by atoms with E-state index in [1.807, 2.05) is 84.9 Å². The highest BCUT2D eigenvalue weighted by atomic mass is 16.1. The van der Waals surface area contributed by atoms with Crippen LogP contribution in [0.1, 0.15) is 0 Å². The minimum Gasteiger partial charge on any atom is -0.308 e. The van der Waals surface area contributed by atoms with E-state index in [1.165, 1.54) is 10.8 Å². The zero-order chi connectivity index (χ0) is 28.4. The van der Waals surface area contributed by atoms with Crippen LogP contribution in [0.2, 0.25) is 6.82 Å². The molecule has 0 N–H and O–H groups in total. The van der Waals surface area contributed by atoms with Gasteiger partial charge in [0.15, 0.2) is 30.2 Å². The van der Waals surface area contributed by atoms with Crippen LogP contribution in [0.25, 0.3) is 72.3 Å². The molecule has 0 radical (unpaired) electrons. The molecule has 0 aliphatic carbocycles. The molecule has 42 heavy (non-hydrogen) atoms. The average Bonchev–Trinajstić information content (AvgIpc) is 3.37. The van der Waals surface area contributed by atoms with E-state index in [1.54, 1.807) is 0 Å². The molecule has 0 amide bonds. The molecule has 0 bridgehead atoms. The first-order valence-corrected chi connectivity index (χ1v) is 14.2. The first-order chi connectivity index (χ1) is 20.6. The summed E-state index contributed by atoms with van der Waals surface area (Å²) in [4.78, 5) is 28.7. The van der Waals surface area contributed by atoms with E-state index in [2.05, 4.69) is 43.3 Å². The third-order valence-corrected chi connectivity index (χ3v) is 8.16. The van der Waals surface area contributed by atoms with Crippen LogP contribution in [-0.4, -0.2) is 34.5 Å². The van der Waals surface area contributed by atoms with Crippen molar-refractivity contribution in [2.45, 2.75) is 6.82 Å². The van der Waals surface area contributed by atoms with Gasteiger partial charge in [0.2, 0.25) is 0 Å². The zero-order valence-corrected chi connectivity index (χ0v) is 23.3. The van der Waals surface area contributed by atoms with Crippen LogP contribution in [-0.2, 0) is 0 Å². The van der Waals surface area contributed by atoms with Crippen LogP contribution in [0.5, 0.6) is 0 Å². The van der Waals surface area contributed by atoms with Gasteiger partial charge in [-0.2, -0.15) is 0 Å². The first kappa shape index (κ1) is 24.5. The van der Waals surface area contributed by atoms with Crippen LogP contribution in [0.4, 0.5) is 0 Å². The van der Waals surface area contributed by atoms with Crippen molar-refractivity contribution < 1.29 is 0 Å². The van der Waals surface area contributed by atoms with Gasteiger partial charge in [-0.3, -0.25) is 4.79 Å². The Morgan fingerprint density at radius 1 is 0.595 bits per heavy atom. The molecule has 0 aliphatic rings. The Bertz CT molecular complexity index is 2310. The molecule has 196 valence electrons. The lowest BCUT2D eigenvalue weighted by Gasteiger charge is -2.11. The topological polar surface area (TPSA) is 60.2 Å². The molecular weight excluding hydrogens is 514 g/mol. The molecule has 0 saturated heterocycles. The summed E-state index contributed by atoms with van der Waals surface area (Å²) in [6, 6.07) is 36.7. The summed E-state index contributed by atoms with van der Waals surface area (Å²) >= 11 is 0. The summed E-state index contributed by atoms with van der Waals surface area (Å²) in [6.07, 6.45) is 0. The summed E-state index contributed by atoms with van der Waals surface area (Å²) in [5.41, 5.74) is 7.93. The Kier molecular flexibility index (Phi) is 5.47. The summed E-state index contributed by atoms with van der Waals surface area (Å²) < 4.78 is 2.25. The van der Waals surface area contributed by atoms with Crippen LogP contribution in [0.3, 0.4) is 0 Å². The van der Waals surface area contributed by atoms with Crippen molar-refractivity contribution in [3.05, 3.63) is 119 Å². The summed E-state index contributed by atoms with van der Waals surface area (Å²) in [5, 5.41) is 3.67. The Labute approximate surface area is 243 Å². The fourth-order valence-corrected chi connectivity index (χ4v) is 6.12. The van der Waals surface area contributed by atoms with Gasteiger partial charge in [-0.25, -0.2) is 15.0 Å². The number of aromatic nitrogens is 4. The van der Waals surface area contributed by atoms with E-state index in [4.69, 9.17) is 15.0 Å². The second kappa shape index (κ2) is 9.38. The van der Waals surface area contributed by atoms with E-state index >= 15 is 0 Å². The lowest BCUT2D eigenvalue weighted by atomic mass is 9.73. The number of hydrogen-bond donors (Lipinski definition) is 0. The van der Waals surface area contributed by atoms with E-state index in [-0.39, 0.29) is 5.43 Å². The van der Waals surface area contributed by atoms with Crippen LogP contribution < -0.4 is 16.4 Å². The lowest BCUT2D eigenvalue weighted by molar-refractivity contribution is 1.07. The predicted molar refractivity (Wildman–Crippen MR) is 178 cm³/mol. The third kappa shape index (κ3) is 3.74. The van der Waals surface area contributed by atoms with E-state index in [0.717, 1.165) is 56.8 Å². The quantitative estimate of drug-likeness (QED) is 0.240. The highest BCUT2D eigenvalue weighted by Gasteiger charge is 2.19. The highest BCUT2D eigenvalue weighted by molar-refractivity contribution is 6.52. The van der Waals surface area contributed by atoms with Crippen molar-refractivity contribution in [2.75, 3.05) is 0 Å². The Morgan fingerprint density at radius 3 is 1.81 bits per heavy atom. The molecule has 0 fully saturated rings. The predicted octanol–water partition coefficient (Wildman–Crippen LogP) is 4.75. The second-order valence-corrected chi connectivity index (χ2v) is 10.8. The molecule has 3 heterocycles. The molecule has 0 saturated carbocycles. The highest BCUT2D eigenvalue weighted by Crippen LogP contribution is 2.34. The van der Waals surface area contributed by atoms with Gasteiger partial charge in [0.1, 0.15) is 7.85 Å². The van der Waals surface area contributed by atoms with E-state index in [9.17, 15) is 4.79 Å². The van der Waals surface area contributed by atoms with Gasteiger partial charge in [-0.15, -0.1) is 0 Å². The minimum absolute atomic E-state index is 0.0205. The fourth-order valence-electron chi connectivity index (χ4n) is 6.12. The van der Waals surface area contributed by atoms with Crippen molar-refractivity contribution in [3.8, 4) is 34.2 Å². The number of rotatable bonds is 4. The SMILES string of the molecule is Bc1cc2c(=O)c3cc(-c4nc(-c5ccccc5)nc(-c5ccccc5)n4)ccc3n3c4ccc(BC)cc4c(c1)c23. The Hall–Kier alpha value is -5.29. The number of pyridine rings is 1. The van der Waals surface area contributed by atoms with E-state index < -0.39 is 0 Å². The Morgan fingerprint density at radius 2 is 1.17 bits per heavy atom. The first-order valence-electron chi connectivity index (χ1n) is 14.2. The molecular formula is C35H24B2N4O. The number of hydrogen-bond acceptors (Lipinski definition) is 4. The molecule has 5 aromatic carbocycles. The van der Waals surface area contributed by atoms with Crippen molar-refractivity contribution >= 4 is 64.1 Å². The molecule has 8 aromatic rings. The maximum atomic E-state index is 14.1. The largest absolute Gasteiger partial charge is 0.308 e. The molecule has 0 unspecified atom stereocenters. The van der Waals surface area contributed by atoms with E-state index in [0.29, 0.717) is 22.9 Å². The normalized spacial score (nSPS) is 11.6. The maximum absolute atomic E-state index is 14.1. The van der Waals surface area contributed by atoms with Crippen molar-refractivity contribution in [2.24, 2.45) is 0 Å². The van der Waals surface area contributed by atoms with Crippen molar-refractivity contribution in [3.63, 3.8) is 0 Å². The van der Waals surface area contributed by atoms with Gasteiger partial charge in [-0.05, 0) is 24.3 Å². The molecule has 0 spiro atoms. The molecule has 3 aromatic heterocycles. The standard InChI is InChI=1S/C35H24B2N4O/c1-37-24-13-15-29-25(19-24)26-17-23(36)18-28-31(26)41(29)30-14-12-22(16-27(30)32(28)42)35-39-33(20-8-4-2-5-9-20)38-34(40-35)21-10-6-3-7-11-21/h2-19,37H,36H2,1H3. The third-order valence-electron chi connectivity index (χ3n) is 8.16. The summed E-state index contributed by atoms with van der Waals surface area (Å²) in [5.74, 6) is 1.71. The molecule has 0 atom stereocenters. The molecule has 7 heteroatoms. The van der Waals surface area contributed by atoms with Gasteiger partial charge in [0.05, 0.1) is 16.6 Å². The van der Waals surface area contributed by atoms with Gasteiger partial charge in [0.25, 0.3) is 0 Å². The minimum atomic E-state index is 0.0205. The lowest BCUT2D eigenvalue weighted by Crippen LogP contribution is -2.11. The number of nitrogens with zero attached hydrogens (tertiary/aromatic N) is 4. The average molecular weight is 538 g/mol. The smallest absolute Gasteiger partial charge is 0.197 e. The van der Waals surface area contributed by atoms with Gasteiger partial charge >= 0.3 is 0 Å². The molecule has 8 rings (SSSR count). The fraction of sp³-hybridized carbons (Fsp3) is 0.0286. The second-order valence-electron chi connectivity index (χ2n) is 10.8. The summed E-state index contributed by atoms with van der Waals surface area (Å²) in [7, 11) is 3.02. The summed E-state index contributed by atoms with van der Waals surface area (Å²) in [6.45, 7) is 2.17. The van der Waals surface area contributed by atoms with Crippen LogP contribution in [0.15, 0.2) is 114 Å². The van der Waals surface area contributed by atoms with Crippen LogP contribution >= 0.6 is 0 Å². The Balaban J connectivity index is 1.42. The van der Waals surface area contributed by atoms with Crippen molar-refractivity contribution in [1.82, 2.24) is 19.4 Å². The number of fused-ring (bicyclic) bond motifs is 5. The van der Waals surface area contributed by atoms with Gasteiger partial charge in [0, 0.05) is 38.2 Å². The molecule has 0 aliphatic heterocycles. The van der Waals surface area contributed by atoms with Gasteiger partial charge < -0.3 is 4.40 Å². The molecule has 5 nitrogen and oxygen atoms in total. The van der Waals surface area contributed by atoms with Crippen LogP contribution in [0, 0.1) is 0 Å². The maximum Gasteiger partial charge on any atom is 0.197 e.